The van der Waals surface area contributed by atoms with Crippen molar-refractivity contribution in [3.8, 4) is 11.1 Å². The molecule has 0 fully saturated rings. The van der Waals surface area contributed by atoms with Crippen molar-refractivity contribution >= 4 is 28.4 Å². The lowest BCUT2D eigenvalue weighted by atomic mass is 9.94. The van der Waals surface area contributed by atoms with Gasteiger partial charge in [-0.05, 0) is 46.4 Å². The molecule has 0 bridgehead atoms. The van der Waals surface area contributed by atoms with Crippen LogP contribution in [0.1, 0.15) is 5.56 Å². The minimum absolute atomic E-state index is 0.220. The van der Waals surface area contributed by atoms with Gasteiger partial charge in [-0.25, -0.2) is 4.39 Å². The van der Waals surface area contributed by atoms with E-state index in [4.69, 9.17) is 16.3 Å². The standard InChI is InChI=1S/C19H14ClFO/c1-22-11-10-13-12-14(20)6-7-15(13)17-8-9-19(21)18-5-3-2-4-16(17)18/h2-12H,1H3/b11-10-. The van der Waals surface area contributed by atoms with Gasteiger partial charge < -0.3 is 4.74 Å². The van der Waals surface area contributed by atoms with Crippen LogP contribution < -0.4 is 0 Å². The molecule has 0 N–H and O–H groups in total. The van der Waals surface area contributed by atoms with E-state index in [0.29, 0.717) is 10.4 Å². The van der Waals surface area contributed by atoms with Crippen molar-refractivity contribution in [2.45, 2.75) is 0 Å². The van der Waals surface area contributed by atoms with Crippen LogP contribution >= 0.6 is 11.6 Å². The zero-order valence-corrected chi connectivity index (χ0v) is 12.8. The van der Waals surface area contributed by atoms with Crippen molar-refractivity contribution in [2.24, 2.45) is 0 Å². The number of hydrogen-bond donors (Lipinski definition) is 0. The van der Waals surface area contributed by atoms with Gasteiger partial charge in [-0.2, -0.15) is 0 Å². The minimum atomic E-state index is -0.220. The predicted octanol–water partition coefficient (Wildman–Crippen LogP) is 5.92. The van der Waals surface area contributed by atoms with Gasteiger partial charge >= 0.3 is 0 Å². The first kappa shape index (κ1) is 14.6. The predicted molar refractivity (Wildman–Crippen MR) is 90.4 cm³/mol. The maximum atomic E-state index is 14.0. The summed E-state index contributed by atoms with van der Waals surface area (Å²) in [6.07, 6.45) is 3.44. The van der Waals surface area contributed by atoms with Crippen LogP contribution in [0.4, 0.5) is 4.39 Å². The van der Waals surface area contributed by atoms with Gasteiger partial charge in [0.05, 0.1) is 13.4 Å². The zero-order chi connectivity index (χ0) is 15.5. The maximum absolute atomic E-state index is 14.0. The normalized spacial score (nSPS) is 11.2. The Kier molecular flexibility index (Phi) is 4.12. The molecule has 1 nitrogen and oxygen atoms in total. The Morgan fingerprint density at radius 2 is 1.68 bits per heavy atom. The van der Waals surface area contributed by atoms with Crippen molar-refractivity contribution in [1.82, 2.24) is 0 Å². The molecule has 0 aliphatic rings. The molecule has 3 aromatic carbocycles. The summed E-state index contributed by atoms with van der Waals surface area (Å²) in [4.78, 5) is 0. The average Bonchev–Trinajstić information content (AvgIpc) is 2.54. The number of fused-ring (bicyclic) bond motifs is 1. The van der Waals surface area contributed by atoms with E-state index < -0.39 is 0 Å². The highest BCUT2D eigenvalue weighted by molar-refractivity contribution is 6.30. The molecule has 0 atom stereocenters. The minimum Gasteiger partial charge on any atom is -0.504 e. The number of benzene rings is 3. The summed E-state index contributed by atoms with van der Waals surface area (Å²) in [5.41, 5.74) is 2.87. The Labute approximate surface area is 133 Å². The van der Waals surface area contributed by atoms with Gasteiger partial charge in [0.2, 0.25) is 0 Å². The van der Waals surface area contributed by atoms with Crippen LogP contribution in [0.2, 0.25) is 5.02 Å². The van der Waals surface area contributed by atoms with Crippen LogP contribution in [0.25, 0.3) is 28.0 Å². The van der Waals surface area contributed by atoms with Gasteiger partial charge in [0.1, 0.15) is 5.82 Å². The highest BCUT2D eigenvalue weighted by atomic mass is 35.5. The molecule has 3 rings (SSSR count). The van der Waals surface area contributed by atoms with Crippen molar-refractivity contribution in [3.63, 3.8) is 0 Å². The summed E-state index contributed by atoms with van der Waals surface area (Å²) in [6, 6.07) is 16.4. The van der Waals surface area contributed by atoms with E-state index >= 15 is 0 Å². The van der Waals surface area contributed by atoms with Crippen LogP contribution in [0.15, 0.2) is 60.9 Å². The molecule has 0 saturated heterocycles. The topological polar surface area (TPSA) is 9.23 Å². The molecule has 0 amide bonds. The fourth-order valence-electron chi connectivity index (χ4n) is 2.56. The maximum Gasteiger partial charge on any atom is 0.131 e. The van der Waals surface area contributed by atoms with E-state index in [-0.39, 0.29) is 5.82 Å². The third-order valence-corrected chi connectivity index (χ3v) is 3.79. The quantitative estimate of drug-likeness (QED) is 0.546. The number of rotatable bonds is 3. The van der Waals surface area contributed by atoms with E-state index in [1.165, 1.54) is 6.07 Å². The van der Waals surface area contributed by atoms with E-state index in [0.717, 1.165) is 22.1 Å². The van der Waals surface area contributed by atoms with Crippen LogP contribution in [0.5, 0.6) is 0 Å². The van der Waals surface area contributed by atoms with E-state index in [1.54, 1.807) is 25.5 Å². The molecule has 0 saturated carbocycles. The van der Waals surface area contributed by atoms with Gasteiger partial charge in [0, 0.05) is 10.4 Å². The Morgan fingerprint density at radius 3 is 2.45 bits per heavy atom. The molecular formula is C19H14ClFO. The molecule has 0 spiro atoms. The van der Waals surface area contributed by atoms with Crippen LogP contribution in [-0.4, -0.2) is 7.11 Å². The monoisotopic (exact) mass is 312 g/mol. The second kappa shape index (κ2) is 6.20. The second-order valence-corrected chi connectivity index (χ2v) is 5.35. The molecule has 3 aromatic rings. The lowest BCUT2D eigenvalue weighted by Gasteiger charge is -2.11. The van der Waals surface area contributed by atoms with Crippen LogP contribution in [-0.2, 0) is 4.74 Å². The summed E-state index contributed by atoms with van der Waals surface area (Å²) in [5.74, 6) is -0.220. The molecule has 0 aromatic heterocycles. The second-order valence-electron chi connectivity index (χ2n) is 4.91. The molecular weight excluding hydrogens is 299 g/mol. The number of methoxy groups -OCH3 is 1. The third-order valence-electron chi connectivity index (χ3n) is 3.56. The van der Waals surface area contributed by atoms with Gasteiger partial charge in [0.15, 0.2) is 0 Å². The lowest BCUT2D eigenvalue weighted by Crippen LogP contribution is -1.88. The first-order valence-corrected chi connectivity index (χ1v) is 7.25. The largest absolute Gasteiger partial charge is 0.504 e. The highest BCUT2D eigenvalue weighted by Gasteiger charge is 2.10. The smallest absolute Gasteiger partial charge is 0.131 e. The lowest BCUT2D eigenvalue weighted by molar-refractivity contribution is 0.341. The molecule has 0 unspecified atom stereocenters. The van der Waals surface area contributed by atoms with Gasteiger partial charge in [-0.3, -0.25) is 0 Å². The van der Waals surface area contributed by atoms with E-state index in [1.807, 2.05) is 42.5 Å². The summed E-state index contributed by atoms with van der Waals surface area (Å²) in [5, 5.41) is 2.12. The summed E-state index contributed by atoms with van der Waals surface area (Å²) in [6.45, 7) is 0. The highest BCUT2D eigenvalue weighted by Crippen LogP contribution is 2.34. The average molecular weight is 313 g/mol. The summed E-state index contributed by atoms with van der Waals surface area (Å²) < 4.78 is 19.0. The first-order valence-electron chi connectivity index (χ1n) is 6.87. The number of hydrogen-bond acceptors (Lipinski definition) is 1. The van der Waals surface area contributed by atoms with Crippen molar-refractivity contribution in [2.75, 3.05) is 7.11 Å². The van der Waals surface area contributed by atoms with Crippen molar-refractivity contribution in [3.05, 3.63) is 77.3 Å². The third kappa shape index (κ3) is 2.70. The fraction of sp³-hybridized carbons (Fsp3) is 0.0526. The number of ether oxygens (including phenoxy) is 1. The Hall–Kier alpha value is -2.32. The molecule has 22 heavy (non-hydrogen) atoms. The van der Waals surface area contributed by atoms with Gasteiger partial charge in [0.25, 0.3) is 0 Å². The van der Waals surface area contributed by atoms with Gasteiger partial charge in [-0.1, -0.05) is 48.0 Å². The number of halogens is 2. The van der Waals surface area contributed by atoms with Gasteiger partial charge in [-0.15, -0.1) is 0 Å². The fourth-order valence-corrected chi connectivity index (χ4v) is 2.74. The Balaban J connectivity index is 2.28. The Morgan fingerprint density at radius 1 is 0.955 bits per heavy atom. The van der Waals surface area contributed by atoms with Crippen LogP contribution in [0, 0.1) is 5.82 Å². The Bertz CT molecular complexity index is 855. The molecule has 0 aliphatic heterocycles. The zero-order valence-electron chi connectivity index (χ0n) is 12.0. The SMILES string of the molecule is CO/C=C\c1cc(Cl)ccc1-c1ccc(F)c2ccccc12. The van der Waals surface area contributed by atoms with Crippen LogP contribution in [0.3, 0.4) is 0 Å². The molecule has 0 radical (unpaired) electrons. The van der Waals surface area contributed by atoms with E-state index in [9.17, 15) is 4.39 Å². The van der Waals surface area contributed by atoms with E-state index in [2.05, 4.69) is 0 Å². The van der Waals surface area contributed by atoms with Crippen molar-refractivity contribution in [1.29, 1.82) is 0 Å². The first-order chi connectivity index (χ1) is 10.7. The molecule has 110 valence electrons. The molecule has 3 heteroatoms. The molecule has 0 aliphatic carbocycles. The summed E-state index contributed by atoms with van der Waals surface area (Å²) >= 11 is 6.09. The summed E-state index contributed by atoms with van der Waals surface area (Å²) in [7, 11) is 1.59. The van der Waals surface area contributed by atoms with Crippen molar-refractivity contribution < 1.29 is 9.13 Å². The molecule has 0 heterocycles.